The Labute approximate surface area is 91.2 Å². The van der Waals surface area contributed by atoms with Crippen LogP contribution in [0.5, 0.6) is 0 Å². The van der Waals surface area contributed by atoms with Crippen LogP contribution in [-0.4, -0.2) is 41.9 Å². The Balaban J connectivity index is 2.50. The van der Waals surface area contributed by atoms with E-state index in [1.54, 1.807) is 0 Å². The molecule has 0 saturated carbocycles. The molecule has 2 unspecified atom stereocenters. The van der Waals surface area contributed by atoms with E-state index in [9.17, 15) is 4.79 Å². The number of ether oxygens (including phenoxy) is 1. The summed E-state index contributed by atoms with van der Waals surface area (Å²) < 4.78 is 5.61. The molecule has 1 aliphatic heterocycles. The number of thiol groups is 1. The van der Waals surface area contributed by atoms with Gasteiger partial charge in [-0.15, -0.1) is 0 Å². The molecular formula is C10H19NO2S. The highest BCUT2D eigenvalue weighted by Crippen LogP contribution is 2.12. The van der Waals surface area contributed by atoms with Crippen molar-refractivity contribution in [3.63, 3.8) is 0 Å². The van der Waals surface area contributed by atoms with Gasteiger partial charge in [-0.05, 0) is 26.0 Å². The van der Waals surface area contributed by atoms with Gasteiger partial charge in [0.2, 0.25) is 5.91 Å². The first kappa shape index (κ1) is 11.9. The minimum atomic E-state index is 0.0542. The molecule has 1 saturated heterocycles. The number of hydrogen-bond acceptors (Lipinski definition) is 3. The Morgan fingerprint density at radius 1 is 1.50 bits per heavy atom. The molecule has 2 atom stereocenters. The molecule has 0 bridgehead atoms. The summed E-state index contributed by atoms with van der Waals surface area (Å²) in [6.07, 6.45) is 1.67. The zero-order valence-corrected chi connectivity index (χ0v) is 9.80. The van der Waals surface area contributed by atoms with E-state index in [0.29, 0.717) is 6.42 Å². The summed E-state index contributed by atoms with van der Waals surface area (Å²) in [6.45, 7) is 5.50. The smallest absolute Gasteiger partial charge is 0.225 e. The highest BCUT2D eigenvalue weighted by molar-refractivity contribution is 7.80. The Hall–Kier alpha value is -0.220. The van der Waals surface area contributed by atoms with Gasteiger partial charge in [0, 0.05) is 13.1 Å². The highest BCUT2D eigenvalue weighted by atomic mass is 32.1. The summed E-state index contributed by atoms with van der Waals surface area (Å²) >= 11 is 4.15. The van der Waals surface area contributed by atoms with Gasteiger partial charge < -0.3 is 9.64 Å². The third kappa shape index (κ3) is 3.50. The number of rotatable bonds is 3. The van der Waals surface area contributed by atoms with Crippen LogP contribution in [0.3, 0.4) is 0 Å². The molecule has 4 heteroatoms. The normalized spacial score (nSPS) is 29.1. The van der Waals surface area contributed by atoms with Crippen LogP contribution < -0.4 is 0 Å². The van der Waals surface area contributed by atoms with Gasteiger partial charge in [-0.2, -0.15) is 12.6 Å². The van der Waals surface area contributed by atoms with Crippen LogP contribution in [0.25, 0.3) is 0 Å². The van der Waals surface area contributed by atoms with Crippen molar-refractivity contribution in [3.8, 4) is 0 Å². The van der Waals surface area contributed by atoms with E-state index in [1.807, 2.05) is 18.7 Å². The van der Waals surface area contributed by atoms with E-state index >= 15 is 0 Å². The fraction of sp³-hybridized carbons (Fsp3) is 0.900. The fourth-order valence-corrected chi connectivity index (χ4v) is 1.89. The number of carbonyl (C=O) groups is 1. The topological polar surface area (TPSA) is 29.5 Å². The zero-order valence-electron chi connectivity index (χ0n) is 8.90. The zero-order chi connectivity index (χ0) is 10.6. The summed E-state index contributed by atoms with van der Waals surface area (Å²) in [5.41, 5.74) is 0. The number of nitrogens with zero attached hydrogens (tertiary/aromatic N) is 1. The third-order valence-corrected chi connectivity index (χ3v) is 2.66. The highest BCUT2D eigenvalue weighted by Gasteiger charge is 2.24. The van der Waals surface area contributed by atoms with E-state index in [0.717, 1.165) is 25.3 Å². The van der Waals surface area contributed by atoms with Crippen LogP contribution >= 0.6 is 12.6 Å². The standard InChI is InChI=1S/C10H19NO2S/c1-8-6-10(12)11(4-3-5-14)7-9(2)13-8/h8-9,14H,3-7H2,1-2H3. The molecule has 3 nitrogen and oxygen atoms in total. The Morgan fingerprint density at radius 3 is 2.86 bits per heavy atom. The van der Waals surface area contributed by atoms with Crippen molar-refractivity contribution in [2.75, 3.05) is 18.8 Å². The fourth-order valence-electron chi connectivity index (χ4n) is 1.75. The maximum absolute atomic E-state index is 11.7. The summed E-state index contributed by atoms with van der Waals surface area (Å²) in [6, 6.07) is 0. The van der Waals surface area contributed by atoms with Crippen LogP contribution in [0.2, 0.25) is 0 Å². The SMILES string of the molecule is CC1CC(=O)N(CCCS)CC(C)O1. The Morgan fingerprint density at radius 2 is 2.21 bits per heavy atom. The molecule has 0 N–H and O–H groups in total. The quantitative estimate of drug-likeness (QED) is 0.723. The maximum atomic E-state index is 11.7. The predicted octanol–water partition coefficient (Wildman–Crippen LogP) is 1.33. The molecule has 0 aromatic carbocycles. The lowest BCUT2D eigenvalue weighted by Crippen LogP contribution is -2.35. The van der Waals surface area contributed by atoms with Gasteiger partial charge in [-0.1, -0.05) is 0 Å². The number of amides is 1. The monoisotopic (exact) mass is 217 g/mol. The summed E-state index contributed by atoms with van der Waals surface area (Å²) in [5.74, 6) is 1.04. The summed E-state index contributed by atoms with van der Waals surface area (Å²) in [7, 11) is 0. The largest absolute Gasteiger partial charge is 0.373 e. The van der Waals surface area contributed by atoms with Gasteiger partial charge >= 0.3 is 0 Å². The van der Waals surface area contributed by atoms with Crippen LogP contribution in [0.15, 0.2) is 0 Å². The van der Waals surface area contributed by atoms with Gasteiger partial charge in [0.25, 0.3) is 0 Å². The first-order valence-electron chi connectivity index (χ1n) is 5.17. The lowest BCUT2D eigenvalue weighted by molar-refractivity contribution is -0.131. The van der Waals surface area contributed by atoms with Gasteiger partial charge in [0.1, 0.15) is 0 Å². The summed E-state index contributed by atoms with van der Waals surface area (Å²) in [5, 5.41) is 0. The molecule has 1 amide bonds. The van der Waals surface area contributed by atoms with E-state index in [-0.39, 0.29) is 18.1 Å². The van der Waals surface area contributed by atoms with Crippen molar-refractivity contribution >= 4 is 18.5 Å². The minimum absolute atomic E-state index is 0.0542. The molecule has 0 spiro atoms. The molecule has 82 valence electrons. The van der Waals surface area contributed by atoms with Crippen molar-refractivity contribution in [3.05, 3.63) is 0 Å². The number of carbonyl (C=O) groups excluding carboxylic acids is 1. The molecular weight excluding hydrogens is 198 g/mol. The van der Waals surface area contributed by atoms with Crippen molar-refractivity contribution < 1.29 is 9.53 Å². The summed E-state index contributed by atoms with van der Waals surface area (Å²) in [4.78, 5) is 13.6. The van der Waals surface area contributed by atoms with Crippen LogP contribution in [-0.2, 0) is 9.53 Å². The molecule has 0 aliphatic carbocycles. The molecule has 1 fully saturated rings. The molecule has 14 heavy (non-hydrogen) atoms. The first-order valence-corrected chi connectivity index (χ1v) is 5.81. The third-order valence-electron chi connectivity index (χ3n) is 2.34. The maximum Gasteiger partial charge on any atom is 0.225 e. The van der Waals surface area contributed by atoms with Crippen LogP contribution in [0.4, 0.5) is 0 Å². The van der Waals surface area contributed by atoms with Crippen molar-refractivity contribution in [1.29, 1.82) is 0 Å². The molecule has 0 aromatic heterocycles. The van der Waals surface area contributed by atoms with Crippen LogP contribution in [0, 0.1) is 0 Å². The van der Waals surface area contributed by atoms with Crippen molar-refractivity contribution in [2.45, 2.75) is 38.9 Å². The van der Waals surface area contributed by atoms with Crippen molar-refractivity contribution in [1.82, 2.24) is 4.90 Å². The Bertz CT molecular complexity index is 199. The van der Waals surface area contributed by atoms with Gasteiger partial charge in [-0.25, -0.2) is 0 Å². The van der Waals surface area contributed by atoms with Crippen molar-refractivity contribution in [2.24, 2.45) is 0 Å². The molecule has 0 aromatic rings. The molecule has 1 aliphatic rings. The lowest BCUT2D eigenvalue weighted by atomic mass is 10.2. The van der Waals surface area contributed by atoms with Gasteiger partial charge in [-0.3, -0.25) is 4.79 Å². The second kappa shape index (κ2) is 5.61. The molecule has 1 rings (SSSR count). The van der Waals surface area contributed by atoms with Crippen LogP contribution in [0.1, 0.15) is 26.7 Å². The molecule has 0 radical (unpaired) electrons. The second-order valence-corrected chi connectivity index (χ2v) is 4.33. The van der Waals surface area contributed by atoms with E-state index in [2.05, 4.69) is 12.6 Å². The minimum Gasteiger partial charge on any atom is -0.373 e. The second-order valence-electron chi connectivity index (χ2n) is 3.88. The van der Waals surface area contributed by atoms with Gasteiger partial charge in [0.15, 0.2) is 0 Å². The average molecular weight is 217 g/mol. The number of hydrogen-bond donors (Lipinski definition) is 1. The Kier molecular flexibility index (Phi) is 4.75. The molecule has 1 heterocycles. The van der Waals surface area contributed by atoms with E-state index in [1.165, 1.54) is 0 Å². The van der Waals surface area contributed by atoms with Gasteiger partial charge in [0.05, 0.1) is 18.6 Å². The van der Waals surface area contributed by atoms with E-state index in [4.69, 9.17) is 4.74 Å². The lowest BCUT2D eigenvalue weighted by Gasteiger charge is -2.21. The van der Waals surface area contributed by atoms with E-state index < -0.39 is 0 Å². The predicted molar refractivity (Wildman–Crippen MR) is 59.7 cm³/mol. The first-order chi connectivity index (χ1) is 6.63. The average Bonchev–Trinajstić information content (AvgIpc) is 2.21.